The second-order valence-corrected chi connectivity index (χ2v) is 8.16. The maximum absolute atomic E-state index is 13.3. The predicted molar refractivity (Wildman–Crippen MR) is 123 cm³/mol. The summed E-state index contributed by atoms with van der Waals surface area (Å²) in [6.45, 7) is 4.41. The van der Waals surface area contributed by atoms with E-state index >= 15 is 0 Å². The maximum atomic E-state index is 13.3. The lowest BCUT2D eigenvalue weighted by Crippen LogP contribution is -2.46. The standard InChI is InChI=1S/C23H22FN5O2S/c1-2-10-28-11-13-29(14-12-28)20-8-6-19(7-9-20)25-21(30)16-32-23-27-26-22(31-23)17-4-3-5-18(24)15-17/h1,3-9,15H,10-14,16H2,(H,25,30). The average Bonchev–Trinajstić information content (AvgIpc) is 3.28. The molecule has 0 aliphatic carbocycles. The normalized spacial score (nSPS) is 14.2. The van der Waals surface area contributed by atoms with Crippen LogP contribution in [0.1, 0.15) is 0 Å². The van der Waals surface area contributed by atoms with Gasteiger partial charge in [0.15, 0.2) is 0 Å². The molecular formula is C23H22FN5O2S. The third-order valence-corrected chi connectivity index (χ3v) is 5.83. The number of halogens is 1. The molecule has 0 atom stereocenters. The Hall–Kier alpha value is -3.35. The molecule has 1 aliphatic heterocycles. The number of anilines is 2. The van der Waals surface area contributed by atoms with Crippen LogP contribution in [0.5, 0.6) is 0 Å². The lowest BCUT2D eigenvalue weighted by molar-refractivity contribution is -0.113. The molecule has 1 N–H and O–H groups in total. The van der Waals surface area contributed by atoms with Crippen molar-refractivity contribution in [2.24, 2.45) is 0 Å². The van der Waals surface area contributed by atoms with Crippen molar-refractivity contribution in [2.45, 2.75) is 5.22 Å². The van der Waals surface area contributed by atoms with Crippen LogP contribution in [0.4, 0.5) is 15.8 Å². The Labute approximate surface area is 190 Å². The van der Waals surface area contributed by atoms with Crippen LogP contribution < -0.4 is 10.2 Å². The van der Waals surface area contributed by atoms with Crippen LogP contribution in [0.2, 0.25) is 0 Å². The summed E-state index contributed by atoms with van der Waals surface area (Å²) in [5, 5.41) is 10.9. The van der Waals surface area contributed by atoms with Crippen molar-refractivity contribution in [3.63, 3.8) is 0 Å². The first kappa shape index (κ1) is 21.9. The number of benzene rings is 2. The monoisotopic (exact) mass is 451 g/mol. The largest absolute Gasteiger partial charge is 0.411 e. The molecule has 164 valence electrons. The van der Waals surface area contributed by atoms with E-state index in [-0.39, 0.29) is 28.6 Å². The summed E-state index contributed by atoms with van der Waals surface area (Å²) in [6.07, 6.45) is 5.38. The van der Waals surface area contributed by atoms with Crippen molar-refractivity contribution in [1.29, 1.82) is 0 Å². The highest BCUT2D eigenvalue weighted by atomic mass is 32.2. The summed E-state index contributed by atoms with van der Waals surface area (Å²) in [7, 11) is 0. The number of thioether (sulfide) groups is 1. The molecule has 7 nitrogen and oxygen atoms in total. The molecule has 1 amide bonds. The Balaban J connectivity index is 1.25. The van der Waals surface area contributed by atoms with Crippen molar-refractivity contribution in [3.05, 3.63) is 54.3 Å². The summed E-state index contributed by atoms with van der Waals surface area (Å²) in [5.41, 5.74) is 2.33. The fourth-order valence-corrected chi connectivity index (χ4v) is 3.94. The van der Waals surface area contributed by atoms with Crippen LogP contribution in [0.15, 0.2) is 58.2 Å². The van der Waals surface area contributed by atoms with Gasteiger partial charge in [0.2, 0.25) is 11.8 Å². The maximum Gasteiger partial charge on any atom is 0.277 e. The molecule has 9 heteroatoms. The molecule has 1 aromatic heterocycles. The van der Waals surface area contributed by atoms with Crippen LogP contribution in [0, 0.1) is 18.2 Å². The van der Waals surface area contributed by atoms with Gasteiger partial charge in [-0.2, -0.15) is 0 Å². The fraction of sp³-hybridized carbons (Fsp3) is 0.261. The second-order valence-electron chi connectivity index (χ2n) is 7.23. The minimum absolute atomic E-state index is 0.115. The molecule has 0 spiro atoms. The Morgan fingerprint density at radius 1 is 1.16 bits per heavy atom. The number of nitrogens with zero attached hydrogens (tertiary/aromatic N) is 4. The molecule has 32 heavy (non-hydrogen) atoms. The van der Waals surface area contributed by atoms with Gasteiger partial charge >= 0.3 is 0 Å². The number of terminal acetylenes is 1. The summed E-state index contributed by atoms with van der Waals surface area (Å²) in [6, 6.07) is 13.7. The average molecular weight is 452 g/mol. The van der Waals surface area contributed by atoms with Gasteiger partial charge in [0, 0.05) is 43.1 Å². The van der Waals surface area contributed by atoms with Gasteiger partial charge in [0.25, 0.3) is 5.22 Å². The van der Waals surface area contributed by atoms with E-state index in [0.29, 0.717) is 12.1 Å². The number of hydrogen-bond donors (Lipinski definition) is 1. The van der Waals surface area contributed by atoms with Crippen molar-refractivity contribution in [3.8, 4) is 23.8 Å². The lowest BCUT2D eigenvalue weighted by atomic mass is 10.2. The Morgan fingerprint density at radius 2 is 1.94 bits per heavy atom. The third kappa shape index (κ3) is 5.66. The summed E-state index contributed by atoms with van der Waals surface area (Å²) >= 11 is 1.12. The molecule has 2 aromatic carbocycles. The van der Waals surface area contributed by atoms with Gasteiger partial charge in [-0.25, -0.2) is 4.39 Å². The van der Waals surface area contributed by atoms with Gasteiger partial charge < -0.3 is 14.6 Å². The van der Waals surface area contributed by atoms with E-state index in [2.05, 4.69) is 31.2 Å². The summed E-state index contributed by atoms with van der Waals surface area (Å²) in [5.74, 6) is 2.45. The van der Waals surface area contributed by atoms with Crippen molar-refractivity contribution >= 4 is 29.0 Å². The Bertz CT molecular complexity index is 1100. The number of hydrogen-bond acceptors (Lipinski definition) is 7. The topological polar surface area (TPSA) is 74.5 Å². The minimum Gasteiger partial charge on any atom is -0.411 e. The highest BCUT2D eigenvalue weighted by Gasteiger charge is 2.16. The number of aromatic nitrogens is 2. The zero-order chi connectivity index (χ0) is 22.3. The third-order valence-electron chi connectivity index (χ3n) is 5.01. The van der Waals surface area contributed by atoms with E-state index in [4.69, 9.17) is 10.8 Å². The highest BCUT2D eigenvalue weighted by molar-refractivity contribution is 7.99. The summed E-state index contributed by atoms with van der Waals surface area (Å²) in [4.78, 5) is 16.9. The zero-order valence-corrected chi connectivity index (χ0v) is 18.1. The molecule has 0 unspecified atom stereocenters. The van der Waals surface area contributed by atoms with E-state index in [1.807, 2.05) is 24.3 Å². The zero-order valence-electron chi connectivity index (χ0n) is 17.3. The lowest BCUT2D eigenvalue weighted by Gasteiger charge is -2.35. The van der Waals surface area contributed by atoms with Gasteiger partial charge in [-0.15, -0.1) is 16.6 Å². The number of piperazine rings is 1. The molecular weight excluding hydrogens is 429 g/mol. The van der Waals surface area contributed by atoms with Crippen molar-refractivity contribution in [2.75, 3.05) is 48.7 Å². The molecule has 2 heterocycles. The molecule has 1 fully saturated rings. The molecule has 3 aromatic rings. The number of amides is 1. The molecule has 4 rings (SSSR count). The van der Waals surface area contributed by atoms with Gasteiger partial charge in [-0.1, -0.05) is 23.7 Å². The van der Waals surface area contributed by atoms with Crippen molar-refractivity contribution in [1.82, 2.24) is 15.1 Å². The highest BCUT2D eigenvalue weighted by Crippen LogP contribution is 2.24. The van der Waals surface area contributed by atoms with Crippen LogP contribution in [-0.2, 0) is 4.79 Å². The van der Waals surface area contributed by atoms with Crippen molar-refractivity contribution < 1.29 is 13.6 Å². The predicted octanol–water partition coefficient (Wildman–Crippen LogP) is 3.36. The van der Waals surface area contributed by atoms with Crippen LogP contribution in [0.25, 0.3) is 11.5 Å². The molecule has 0 radical (unpaired) electrons. The number of nitrogens with one attached hydrogen (secondary N) is 1. The molecule has 1 saturated heterocycles. The first-order valence-corrected chi connectivity index (χ1v) is 11.1. The van der Waals surface area contributed by atoms with Crippen LogP contribution >= 0.6 is 11.8 Å². The quantitative estimate of drug-likeness (QED) is 0.436. The van der Waals surface area contributed by atoms with Crippen LogP contribution in [-0.4, -0.2) is 59.5 Å². The first-order chi connectivity index (χ1) is 15.6. The first-order valence-electron chi connectivity index (χ1n) is 10.1. The van der Waals surface area contributed by atoms with E-state index < -0.39 is 0 Å². The van der Waals surface area contributed by atoms with Gasteiger partial charge in [-0.3, -0.25) is 9.69 Å². The smallest absolute Gasteiger partial charge is 0.277 e. The summed E-state index contributed by atoms with van der Waals surface area (Å²) < 4.78 is 18.8. The van der Waals surface area contributed by atoms with Gasteiger partial charge in [0.1, 0.15) is 5.82 Å². The van der Waals surface area contributed by atoms with E-state index in [9.17, 15) is 9.18 Å². The Morgan fingerprint density at radius 3 is 2.66 bits per heavy atom. The van der Waals surface area contributed by atoms with Crippen LogP contribution in [0.3, 0.4) is 0 Å². The fourth-order valence-electron chi connectivity index (χ4n) is 3.38. The molecule has 1 aliphatic rings. The number of carbonyl (C=O) groups is 1. The minimum atomic E-state index is -0.383. The SMILES string of the molecule is C#CCN1CCN(c2ccc(NC(=O)CSc3nnc(-c4cccc(F)c4)o3)cc2)CC1. The Kier molecular flexibility index (Phi) is 7.04. The molecule has 0 saturated carbocycles. The van der Waals surface area contributed by atoms with Gasteiger partial charge in [0.05, 0.1) is 12.3 Å². The second kappa shape index (κ2) is 10.3. The van der Waals surface area contributed by atoms with E-state index in [0.717, 1.165) is 49.3 Å². The van der Waals surface area contributed by atoms with Gasteiger partial charge in [-0.05, 0) is 42.5 Å². The number of carbonyl (C=O) groups excluding carboxylic acids is 1. The van der Waals surface area contributed by atoms with E-state index in [1.165, 1.54) is 12.1 Å². The molecule has 0 bridgehead atoms. The van der Waals surface area contributed by atoms with E-state index in [1.54, 1.807) is 12.1 Å². The number of rotatable bonds is 7.